The number of benzene rings is 2. The van der Waals surface area contributed by atoms with E-state index in [2.05, 4.69) is 10.3 Å². The third-order valence-electron chi connectivity index (χ3n) is 5.01. The highest BCUT2D eigenvalue weighted by molar-refractivity contribution is 7.93. The van der Waals surface area contributed by atoms with Crippen molar-refractivity contribution in [2.45, 2.75) is 13.0 Å². The SMILES string of the molecule is Cn1c(CNC(=O)/C=C/c2ccc(N3CCCS3(=O)=O)cc2)nc2ccccc21. The zero-order chi connectivity index (χ0) is 20.4. The van der Waals surface area contributed by atoms with Gasteiger partial charge in [-0.3, -0.25) is 9.10 Å². The molecular formula is C21H22N4O3S. The quantitative estimate of drug-likeness (QED) is 0.655. The molecule has 0 bridgehead atoms. The topological polar surface area (TPSA) is 84.3 Å². The Labute approximate surface area is 169 Å². The second-order valence-corrected chi connectivity index (χ2v) is 8.97. The van der Waals surface area contributed by atoms with Crippen LogP contribution in [0.2, 0.25) is 0 Å². The molecule has 4 rings (SSSR count). The van der Waals surface area contributed by atoms with Gasteiger partial charge in [0.25, 0.3) is 0 Å². The highest BCUT2D eigenvalue weighted by Crippen LogP contribution is 2.24. The number of aryl methyl sites for hydroxylation is 1. The summed E-state index contributed by atoms with van der Waals surface area (Å²) in [7, 11) is -1.26. The number of carbonyl (C=O) groups is 1. The summed E-state index contributed by atoms with van der Waals surface area (Å²) in [4.78, 5) is 16.7. The number of nitrogens with one attached hydrogen (secondary N) is 1. The summed E-state index contributed by atoms with van der Waals surface area (Å²) in [6, 6.07) is 15.0. The van der Waals surface area contributed by atoms with Crippen molar-refractivity contribution in [1.29, 1.82) is 0 Å². The second-order valence-electron chi connectivity index (χ2n) is 6.96. The molecule has 29 heavy (non-hydrogen) atoms. The summed E-state index contributed by atoms with van der Waals surface area (Å²) in [5.41, 5.74) is 3.40. The number of anilines is 1. The summed E-state index contributed by atoms with van der Waals surface area (Å²) in [6.45, 7) is 0.849. The molecule has 3 aromatic rings. The molecule has 150 valence electrons. The van der Waals surface area contributed by atoms with E-state index in [0.717, 1.165) is 22.4 Å². The van der Waals surface area contributed by atoms with Crippen molar-refractivity contribution in [3.63, 3.8) is 0 Å². The van der Waals surface area contributed by atoms with Gasteiger partial charge in [-0.1, -0.05) is 24.3 Å². The van der Waals surface area contributed by atoms with Gasteiger partial charge in [-0.05, 0) is 42.3 Å². The van der Waals surface area contributed by atoms with E-state index in [4.69, 9.17) is 0 Å². The highest BCUT2D eigenvalue weighted by atomic mass is 32.2. The van der Waals surface area contributed by atoms with Gasteiger partial charge >= 0.3 is 0 Å². The van der Waals surface area contributed by atoms with E-state index < -0.39 is 10.0 Å². The number of fused-ring (bicyclic) bond motifs is 1. The molecule has 1 aliphatic rings. The zero-order valence-corrected chi connectivity index (χ0v) is 16.9. The predicted octanol–water partition coefficient (Wildman–Crippen LogP) is 2.44. The summed E-state index contributed by atoms with van der Waals surface area (Å²) in [6.07, 6.45) is 3.81. The average Bonchev–Trinajstić information content (AvgIpc) is 3.24. The van der Waals surface area contributed by atoms with Gasteiger partial charge in [0, 0.05) is 19.7 Å². The second kappa shape index (κ2) is 7.71. The molecule has 1 aliphatic heterocycles. The van der Waals surface area contributed by atoms with Crippen LogP contribution in [-0.2, 0) is 28.4 Å². The fraction of sp³-hybridized carbons (Fsp3) is 0.238. The molecule has 1 fully saturated rings. The molecule has 0 aliphatic carbocycles. The lowest BCUT2D eigenvalue weighted by Crippen LogP contribution is -2.24. The maximum Gasteiger partial charge on any atom is 0.244 e. The molecule has 1 amide bonds. The molecule has 0 saturated carbocycles. The molecule has 1 N–H and O–H groups in total. The van der Waals surface area contributed by atoms with Crippen LogP contribution in [0, 0.1) is 0 Å². The maximum atomic E-state index is 12.2. The van der Waals surface area contributed by atoms with Gasteiger partial charge in [0.15, 0.2) is 0 Å². The van der Waals surface area contributed by atoms with Gasteiger partial charge in [0.2, 0.25) is 15.9 Å². The molecule has 2 aromatic carbocycles. The summed E-state index contributed by atoms with van der Waals surface area (Å²) in [5, 5.41) is 2.84. The van der Waals surface area contributed by atoms with Gasteiger partial charge in [-0.15, -0.1) is 0 Å². The smallest absolute Gasteiger partial charge is 0.244 e. The summed E-state index contributed by atoms with van der Waals surface area (Å²) < 4.78 is 27.4. The van der Waals surface area contributed by atoms with Gasteiger partial charge in [0.1, 0.15) is 5.82 Å². The Hall–Kier alpha value is -3.13. The highest BCUT2D eigenvalue weighted by Gasteiger charge is 2.28. The Bertz CT molecular complexity index is 1180. The number of aromatic nitrogens is 2. The van der Waals surface area contributed by atoms with E-state index in [1.54, 1.807) is 30.3 Å². The first-order chi connectivity index (χ1) is 13.9. The number of rotatable bonds is 5. The summed E-state index contributed by atoms with van der Waals surface area (Å²) in [5.74, 6) is 0.757. The van der Waals surface area contributed by atoms with Gasteiger partial charge in [0.05, 0.1) is 29.0 Å². The minimum atomic E-state index is -3.18. The zero-order valence-electron chi connectivity index (χ0n) is 16.1. The molecule has 1 aromatic heterocycles. The normalized spacial score (nSPS) is 16.0. The van der Waals surface area contributed by atoms with Crippen LogP contribution in [0.3, 0.4) is 0 Å². The fourth-order valence-corrected chi connectivity index (χ4v) is 5.00. The van der Waals surface area contributed by atoms with Crippen LogP contribution in [0.25, 0.3) is 17.1 Å². The molecule has 8 heteroatoms. The number of nitrogens with zero attached hydrogens (tertiary/aromatic N) is 3. The molecule has 0 unspecified atom stereocenters. The van der Waals surface area contributed by atoms with Crippen LogP contribution in [0.5, 0.6) is 0 Å². The van der Waals surface area contributed by atoms with E-state index in [1.807, 2.05) is 35.9 Å². The lowest BCUT2D eigenvalue weighted by atomic mass is 10.2. The number of hydrogen-bond acceptors (Lipinski definition) is 4. The van der Waals surface area contributed by atoms with Gasteiger partial charge in [-0.2, -0.15) is 0 Å². The number of hydrogen-bond donors (Lipinski definition) is 1. The standard InChI is InChI=1S/C21H22N4O3S/c1-24-19-6-3-2-5-18(19)23-20(24)15-22-21(26)12-9-16-7-10-17(11-8-16)25-13-4-14-29(25,27)28/h2-3,5-12H,4,13-15H2,1H3,(H,22,26)/b12-9+. The van der Waals surface area contributed by atoms with Crippen molar-refractivity contribution < 1.29 is 13.2 Å². The van der Waals surface area contributed by atoms with Crippen LogP contribution in [0.1, 0.15) is 17.8 Å². The Balaban J connectivity index is 1.37. The average molecular weight is 410 g/mol. The molecule has 0 atom stereocenters. The number of para-hydroxylation sites is 2. The predicted molar refractivity (Wildman–Crippen MR) is 114 cm³/mol. The molecule has 0 radical (unpaired) electrons. The van der Waals surface area contributed by atoms with Crippen molar-refractivity contribution in [2.24, 2.45) is 7.05 Å². The first-order valence-electron chi connectivity index (χ1n) is 9.41. The Morgan fingerprint density at radius 1 is 1.17 bits per heavy atom. The third kappa shape index (κ3) is 4.02. The number of carbonyl (C=O) groups excluding carboxylic acids is 1. The molecule has 0 spiro atoms. The van der Waals surface area contributed by atoms with E-state index in [-0.39, 0.29) is 11.7 Å². The van der Waals surface area contributed by atoms with E-state index in [0.29, 0.717) is 25.2 Å². The maximum absolute atomic E-state index is 12.2. The van der Waals surface area contributed by atoms with Crippen molar-refractivity contribution in [2.75, 3.05) is 16.6 Å². The first kappa shape index (κ1) is 19.2. The van der Waals surface area contributed by atoms with Crippen molar-refractivity contribution in [3.05, 3.63) is 66.0 Å². The van der Waals surface area contributed by atoms with Crippen LogP contribution >= 0.6 is 0 Å². The number of imidazole rings is 1. The molecule has 7 nitrogen and oxygen atoms in total. The lowest BCUT2D eigenvalue weighted by molar-refractivity contribution is -0.116. The van der Waals surface area contributed by atoms with Gasteiger partial charge in [-0.25, -0.2) is 13.4 Å². The first-order valence-corrected chi connectivity index (χ1v) is 11.0. The van der Waals surface area contributed by atoms with E-state index in [1.165, 1.54) is 10.4 Å². The lowest BCUT2D eigenvalue weighted by Gasteiger charge is -2.16. The Morgan fingerprint density at radius 2 is 1.93 bits per heavy atom. The van der Waals surface area contributed by atoms with E-state index >= 15 is 0 Å². The van der Waals surface area contributed by atoms with Crippen molar-refractivity contribution in [3.8, 4) is 0 Å². The number of amides is 1. The largest absolute Gasteiger partial charge is 0.345 e. The monoisotopic (exact) mass is 410 g/mol. The minimum Gasteiger partial charge on any atom is -0.345 e. The minimum absolute atomic E-state index is 0.195. The van der Waals surface area contributed by atoms with Gasteiger partial charge < -0.3 is 9.88 Å². The Kier molecular flexibility index (Phi) is 5.10. The Morgan fingerprint density at radius 3 is 2.62 bits per heavy atom. The molecule has 1 saturated heterocycles. The van der Waals surface area contributed by atoms with Crippen LogP contribution in [-0.4, -0.2) is 36.2 Å². The summed E-state index contributed by atoms with van der Waals surface area (Å²) >= 11 is 0. The van der Waals surface area contributed by atoms with Crippen LogP contribution in [0.15, 0.2) is 54.6 Å². The van der Waals surface area contributed by atoms with Crippen LogP contribution in [0.4, 0.5) is 5.69 Å². The molecular weight excluding hydrogens is 388 g/mol. The number of sulfonamides is 1. The molecule has 2 heterocycles. The van der Waals surface area contributed by atoms with E-state index in [9.17, 15) is 13.2 Å². The van der Waals surface area contributed by atoms with Crippen LogP contribution < -0.4 is 9.62 Å². The van der Waals surface area contributed by atoms with Crippen molar-refractivity contribution in [1.82, 2.24) is 14.9 Å². The third-order valence-corrected chi connectivity index (χ3v) is 6.88. The van der Waals surface area contributed by atoms with Crippen molar-refractivity contribution >= 4 is 38.7 Å². The fourth-order valence-electron chi connectivity index (χ4n) is 3.43.